The van der Waals surface area contributed by atoms with Crippen LogP contribution in [0.15, 0.2) is 110 Å². The van der Waals surface area contributed by atoms with Crippen LogP contribution in [0.2, 0.25) is 0 Å². The van der Waals surface area contributed by atoms with Gasteiger partial charge in [0.25, 0.3) is 0 Å². The van der Waals surface area contributed by atoms with E-state index in [1.54, 1.807) is 24.8 Å². The number of carbonyl (C=O) groups excluding carboxylic acids is 2. The van der Waals surface area contributed by atoms with Gasteiger partial charge in [-0.2, -0.15) is 0 Å². The van der Waals surface area contributed by atoms with Gasteiger partial charge >= 0.3 is 17.1 Å². The molecule has 4 rings (SSSR count). The summed E-state index contributed by atoms with van der Waals surface area (Å²) in [6.45, 7) is 0. The summed E-state index contributed by atoms with van der Waals surface area (Å²) in [6, 6.07) is 20.4. The number of pyridine rings is 2. The van der Waals surface area contributed by atoms with Crippen LogP contribution < -0.4 is 10.2 Å². The first kappa shape index (κ1) is 32.2. The van der Waals surface area contributed by atoms with Crippen molar-refractivity contribution in [3.05, 3.63) is 132 Å². The molecule has 0 bridgehead atoms. The molecule has 4 aromatic rings. The molecule has 0 saturated carbocycles. The number of hydrogen-bond donors (Lipinski definition) is 0. The van der Waals surface area contributed by atoms with E-state index in [1.807, 2.05) is 36.4 Å². The monoisotopic (exact) mass is 518 g/mol. The number of rotatable bonds is 2. The number of nitrogens with zero attached hydrogens (tertiary/aromatic N) is 2. The van der Waals surface area contributed by atoms with E-state index in [1.165, 1.54) is 0 Å². The maximum absolute atomic E-state index is 12.1. The van der Waals surface area contributed by atoms with Crippen molar-refractivity contribution < 1.29 is 51.1 Å². The van der Waals surface area contributed by atoms with Gasteiger partial charge in [0.2, 0.25) is 0 Å². The molecule has 0 fully saturated rings. The molecule has 0 aliphatic heterocycles. The summed E-state index contributed by atoms with van der Waals surface area (Å²) in [4.78, 5) is 27.7. The molecular weight excluding hydrogens is 498 g/mol. The molecule has 2 heterocycles. The number of aromatic nitrogens is 2. The molecule has 0 aliphatic carbocycles. The average molecular weight is 519 g/mol. The van der Waals surface area contributed by atoms with Crippen molar-refractivity contribution in [2.75, 3.05) is 0 Å². The predicted molar refractivity (Wildman–Crippen MR) is 115 cm³/mol. The molecule has 0 atom stereocenters. The third-order valence-corrected chi connectivity index (χ3v) is 3.29. The summed E-state index contributed by atoms with van der Waals surface area (Å²) in [7, 11) is 0. The fourth-order valence-corrected chi connectivity index (χ4v) is 1.80. The predicted octanol–water partition coefficient (Wildman–Crippen LogP) is 1.62. The van der Waals surface area contributed by atoms with Gasteiger partial charge in [-0.15, -0.1) is 0 Å². The average Bonchev–Trinajstić information content (AvgIpc) is 2.83. The fourth-order valence-electron chi connectivity index (χ4n) is 1.80. The Balaban J connectivity index is 0. The van der Waals surface area contributed by atoms with Crippen LogP contribution in [0.25, 0.3) is 0 Å². The minimum absolute atomic E-state index is 0. The van der Waals surface area contributed by atoms with Crippen LogP contribution in [-0.4, -0.2) is 21.9 Å². The van der Waals surface area contributed by atoms with Crippen LogP contribution in [0.5, 0.6) is 0 Å². The summed E-state index contributed by atoms with van der Waals surface area (Å²) in [5, 5.41) is 20.2. The van der Waals surface area contributed by atoms with Gasteiger partial charge in [0, 0.05) is 24.8 Å². The molecule has 7 nitrogen and oxygen atoms in total. The van der Waals surface area contributed by atoms with Crippen LogP contribution in [0, 0.1) is 11.6 Å². The molecule has 0 spiro atoms. The van der Waals surface area contributed by atoms with Crippen LogP contribution in [0.4, 0.5) is 8.78 Å². The number of carbonyl (C=O) groups is 2. The maximum Gasteiger partial charge on any atom is 2.00 e. The van der Waals surface area contributed by atoms with Gasteiger partial charge in [0.15, 0.2) is 0 Å². The largest absolute Gasteiger partial charge is 2.00 e. The Morgan fingerprint density at radius 2 is 0.824 bits per heavy atom. The SMILES string of the molecule is O=C([O-])c1ccc(F)cc1.O=C([O-])c1ccc(F)cc1.[Cu+2].[OH3+].c1ccncc1.c1ccncc1. The summed E-state index contributed by atoms with van der Waals surface area (Å²) >= 11 is 0. The van der Waals surface area contributed by atoms with Crippen LogP contribution in [-0.2, 0) is 22.5 Å². The van der Waals surface area contributed by atoms with Crippen molar-refractivity contribution in [1.82, 2.24) is 9.97 Å². The zero-order valence-electron chi connectivity index (χ0n) is 17.6. The molecular formula is C24H21CuF2N2O5+. The molecule has 1 radical (unpaired) electrons. The zero-order valence-corrected chi connectivity index (χ0v) is 18.5. The minimum atomic E-state index is -1.29. The van der Waals surface area contributed by atoms with Gasteiger partial charge in [-0.3, -0.25) is 9.97 Å². The van der Waals surface area contributed by atoms with Crippen LogP contribution in [0.3, 0.4) is 0 Å². The number of aromatic carboxylic acids is 2. The van der Waals surface area contributed by atoms with E-state index in [0.717, 1.165) is 48.5 Å². The van der Waals surface area contributed by atoms with Crippen molar-refractivity contribution >= 4 is 11.9 Å². The van der Waals surface area contributed by atoms with E-state index in [2.05, 4.69) is 9.97 Å². The summed E-state index contributed by atoms with van der Waals surface area (Å²) in [5.41, 5.74) is -0.0252. The van der Waals surface area contributed by atoms with Crippen molar-refractivity contribution in [1.29, 1.82) is 0 Å². The Bertz CT molecular complexity index is 900. The van der Waals surface area contributed by atoms with E-state index < -0.39 is 23.6 Å². The second-order valence-corrected chi connectivity index (χ2v) is 5.64. The third-order valence-electron chi connectivity index (χ3n) is 3.29. The summed E-state index contributed by atoms with van der Waals surface area (Å²) in [5.74, 6) is -3.49. The molecule has 0 saturated heterocycles. The molecule has 10 heteroatoms. The van der Waals surface area contributed by atoms with Crippen molar-refractivity contribution in [2.24, 2.45) is 0 Å². The number of benzene rings is 2. The molecule has 34 heavy (non-hydrogen) atoms. The molecule has 2 aromatic carbocycles. The Morgan fingerprint density at radius 3 is 0.971 bits per heavy atom. The van der Waals surface area contributed by atoms with E-state index >= 15 is 0 Å². The Hall–Kier alpha value is -3.98. The van der Waals surface area contributed by atoms with Gasteiger partial charge in [0.05, 0.1) is 11.9 Å². The summed E-state index contributed by atoms with van der Waals surface area (Å²) in [6.07, 6.45) is 7.00. The Labute approximate surface area is 205 Å². The molecule has 181 valence electrons. The smallest absolute Gasteiger partial charge is 0.545 e. The Kier molecular flexibility index (Phi) is 18.6. The van der Waals surface area contributed by atoms with Crippen LogP contribution >= 0.6 is 0 Å². The van der Waals surface area contributed by atoms with E-state index in [-0.39, 0.29) is 33.7 Å². The van der Waals surface area contributed by atoms with E-state index in [0.29, 0.717) is 0 Å². The second-order valence-electron chi connectivity index (χ2n) is 5.64. The first-order valence-corrected chi connectivity index (χ1v) is 9.04. The quantitative estimate of drug-likeness (QED) is 0.292. The van der Waals surface area contributed by atoms with Crippen molar-refractivity contribution in [3.63, 3.8) is 0 Å². The molecule has 3 N–H and O–H groups in total. The summed E-state index contributed by atoms with van der Waals surface area (Å²) < 4.78 is 24.3. The fraction of sp³-hybridized carbons (Fsp3) is 0. The molecule has 0 unspecified atom stereocenters. The van der Waals surface area contributed by atoms with Gasteiger partial charge in [-0.25, -0.2) is 8.78 Å². The maximum atomic E-state index is 12.1. The minimum Gasteiger partial charge on any atom is -0.545 e. The topological polar surface area (TPSA) is 139 Å². The number of carboxylic acids is 2. The number of carboxylic acid groups (broad SMARTS) is 2. The van der Waals surface area contributed by atoms with Crippen LogP contribution in [0.1, 0.15) is 20.7 Å². The van der Waals surface area contributed by atoms with Gasteiger partial charge in [-0.05, 0) is 59.7 Å². The Morgan fingerprint density at radius 1 is 0.559 bits per heavy atom. The second kappa shape index (κ2) is 19.7. The number of hydrogen-bond acceptors (Lipinski definition) is 6. The molecule has 0 amide bonds. The normalized spacial score (nSPS) is 8.29. The van der Waals surface area contributed by atoms with Crippen molar-refractivity contribution in [3.8, 4) is 0 Å². The van der Waals surface area contributed by atoms with Gasteiger partial charge in [-0.1, -0.05) is 36.4 Å². The standard InChI is InChI=1S/2C7H5FO2.2C5H5N.Cu.H2O/c2*8-6-3-1-5(2-4-6)7(9)10;2*1-2-4-6-5-3-1;;/h2*1-4H,(H,9,10);2*1-5H;;1H2/q;;;;+2;/p-1. The van der Waals surface area contributed by atoms with Gasteiger partial charge < -0.3 is 25.3 Å². The first-order chi connectivity index (χ1) is 15.4. The van der Waals surface area contributed by atoms with E-state index in [9.17, 15) is 28.6 Å². The number of halogens is 2. The van der Waals surface area contributed by atoms with E-state index in [4.69, 9.17) is 0 Å². The molecule has 0 aliphatic rings. The molecule has 2 aromatic heterocycles. The first-order valence-electron chi connectivity index (χ1n) is 9.04. The third kappa shape index (κ3) is 15.8. The van der Waals surface area contributed by atoms with Gasteiger partial charge in [0.1, 0.15) is 11.6 Å². The van der Waals surface area contributed by atoms with Crippen molar-refractivity contribution in [2.45, 2.75) is 0 Å². The zero-order chi connectivity index (χ0) is 23.6.